The van der Waals surface area contributed by atoms with E-state index >= 15 is 0 Å². The van der Waals surface area contributed by atoms with Gasteiger partial charge in [-0.05, 0) is 6.42 Å². The largest absolute Gasteiger partial charge is 0.329 e. The highest BCUT2D eigenvalue weighted by Crippen LogP contribution is 2.02. The van der Waals surface area contributed by atoms with Crippen molar-refractivity contribution in [3.63, 3.8) is 0 Å². The van der Waals surface area contributed by atoms with Crippen molar-refractivity contribution < 1.29 is 9.59 Å². The van der Waals surface area contributed by atoms with Crippen LogP contribution in [0.15, 0.2) is 0 Å². The van der Waals surface area contributed by atoms with Crippen LogP contribution in [0.2, 0.25) is 0 Å². The minimum absolute atomic E-state index is 0.234. The Balaban J connectivity index is 2.79. The summed E-state index contributed by atoms with van der Waals surface area (Å²) in [4.78, 5) is 23.5. The van der Waals surface area contributed by atoms with Gasteiger partial charge in [0, 0.05) is 6.54 Å². The van der Waals surface area contributed by atoms with Crippen molar-refractivity contribution in [2.24, 2.45) is 5.73 Å². The number of amides is 3. The van der Waals surface area contributed by atoms with Crippen LogP contribution in [0.25, 0.3) is 0 Å². The van der Waals surface area contributed by atoms with Crippen molar-refractivity contribution in [2.45, 2.75) is 19.4 Å². The van der Waals surface area contributed by atoms with E-state index in [9.17, 15) is 9.59 Å². The molecule has 0 aromatic rings. The number of rotatable bonds is 2. The molecule has 1 rings (SSSR count). The van der Waals surface area contributed by atoms with Gasteiger partial charge in [0.1, 0.15) is 11.9 Å². The van der Waals surface area contributed by atoms with Gasteiger partial charge in [0.15, 0.2) is 0 Å². The number of carbonyl (C=O) groups excluding carboxylic acids is 2. The van der Waals surface area contributed by atoms with Crippen LogP contribution >= 0.6 is 0 Å². The maximum Gasteiger partial charge on any atom is 0.329 e. The Kier molecular flexibility index (Phi) is 2.62. The van der Waals surface area contributed by atoms with Crippen molar-refractivity contribution >= 4 is 17.8 Å². The highest BCUT2D eigenvalue weighted by molar-refractivity contribution is 6.19. The van der Waals surface area contributed by atoms with Crippen molar-refractivity contribution in [1.29, 1.82) is 5.41 Å². The molecule has 0 bridgehead atoms. The second-order valence-corrected chi connectivity index (χ2v) is 2.81. The number of imide groups is 1. The molecule has 1 atom stereocenters. The molecular formula is C7H12N4O2. The van der Waals surface area contributed by atoms with Gasteiger partial charge in [0.2, 0.25) is 0 Å². The summed E-state index contributed by atoms with van der Waals surface area (Å²) >= 11 is 0. The zero-order chi connectivity index (χ0) is 10.0. The fourth-order valence-corrected chi connectivity index (χ4v) is 1.09. The summed E-state index contributed by atoms with van der Waals surface area (Å²) in [6.45, 7) is 2.19. The van der Waals surface area contributed by atoms with E-state index in [4.69, 9.17) is 11.1 Å². The van der Waals surface area contributed by atoms with Crippen molar-refractivity contribution in [3.05, 3.63) is 0 Å². The molecule has 0 aliphatic carbocycles. The van der Waals surface area contributed by atoms with Gasteiger partial charge in [-0.3, -0.25) is 20.4 Å². The van der Waals surface area contributed by atoms with Crippen LogP contribution in [-0.4, -0.2) is 35.3 Å². The number of urea groups is 1. The van der Waals surface area contributed by atoms with Gasteiger partial charge in [-0.15, -0.1) is 0 Å². The molecule has 1 fully saturated rings. The molecular weight excluding hydrogens is 172 g/mol. The number of hydrogen-bond acceptors (Lipinski definition) is 4. The Labute approximate surface area is 75.6 Å². The quantitative estimate of drug-likeness (QED) is 0.526. The molecule has 0 aromatic heterocycles. The van der Waals surface area contributed by atoms with Crippen molar-refractivity contribution in [2.75, 3.05) is 6.54 Å². The van der Waals surface area contributed by atoms with Crippen LogP contribution in [0.3, 0.4) is 0 Å². The Morgan fingerprint density at radius 3 is 2.77 bits per heavy atom. The molecule has 0 radical (unpaired) electrons. The van der Waals surface area contributed by atoms with Gasteiger partial charge in [0.25, 0.3) is 5.91 Å². The van der Waals surface area contributed by atoms with E-state index in [1.54, 1.807) is 0 Å². The summed E-state index contributed by atoms with van der Waals surface area (Å²) in [6.07, 6.45) is 0.680. The molecule has 1 heterocycles. The Bertz CT molecular complexity index is 263. The number of amidine groups is 1. The number of carbonyl (C=O) groups is 2. The predicted molar refractivity (Wildman–Crippen MR) is 46.2 cm³/mol. The zero-order valence-corrected chi connectivity index (χ0v) is 7.33. The van der Waals surface area contributed by atoms with Gasteiger partial charge in [0.05, 0.1) is 0 Å². The molecule has 4 N–H and O–H groups in total. The molecule has 6 nitrogen and oxygen atoms in total. The fourth-order valence-electron chi connectivity index (χ4n) is 1.09. The van der Waals surface area contributed by atoms with Gasteiger partial charge in [-0.2, -0.15) is 0 Å². The van der Waals surface area contributed by atoms with E-state index in [1.165, 1.54) is 0 Å². The first-order chi connectivity index (χ1) is 6.07. The summed E-state index contributed by atoms with van der Waals surface area (Å²) in [7, 11) is 0. The average Bonchev–Trinajstić information content (AvgIpc) is 2.09. The average molecular weight is 184 g/mol. The molecule has 13 heavy (non-hydrogen) atoms. The molecule has 72 valence electrons. The van der Waals surface area contributed by atoms with Crippen molar-refractivity contribution in [1.82, 2.24) is 10.2 Å². The van der Waals surface area contributed by atoms with Crippen LogP contribution in [0.5, 0.6) is 0 Å². The standard InChI is InChI=1S/C7H12N4O2/c1-2-3-11-6(12)4(8)5(9)10-7(11)13/h4H,2-3,8H2,1H3,(H2,9,10,13). The first-order valence-corrected chi connectivity index (χ1v) is 4.04. The molecule has 0 aromatic carbocycles. The topological polar surface area (TPSA) is 99.3 Å². The lowest BCUT2D eigenvalue weighted by molar-refractivity contribution is -0.128. The first-order valence-electron chi connectivity index (χ1n) is 4.04. The van der Waals surface area contributed by atoms with E-state index in [2.05, 4.69) is 5.32 Å². The normalized spacial score (nSPS) is 23.4. The maximum absolute atomic E-state index is 11.3. The molecule has 6 heteroatoms. The third-order valence-electron chi connectivity index (χ3n) is 1.78. The summed E-state index contributed by atoms with van der Waals surface area (Å²) in [6, 6.07) is -1.58. The van der Waals surface area contributed by atoms with E-state index in [0.29, 0.717) is 13.0 Å². The van der Waals surface area contributed by atoms with Gasteiger partial charge >= 0.3 is 6.03 Å². The molecule has 1 saturated heterocycles. The maximum atomic E-state index is 11.3. The van der Waals surface area contributed by atoms with Gasteiger partial charge < -0.3 is 5.73 Å². The second-order valence-electron chi connectivity index (χ2n) is 2.81. The van der Waals surface area contributed by atoms with Gasteiger partial charge in [-0.1, -0.05) is 6.92 Å². The van der Waals surface area contributed by atoms with Crippen LogP contribution in [0, 0.1) is 5.41 Å². The van der Waals surface area contributed by atoms with Gasteiger partial charge in [-0.25, -0.2) is 4.79 Å². The van der Waals surface area contributed by atoms with Crippen LogP contribution in [-0.2, 0) is 4.79 Å². The Morgan fingerprint density at radius 1 is 1.62 bits per heavy atom. The first kappa shape index (κ1) is 9.66. The molecule has 0 saturated carbocycles. The van der Waals surface area contributed by atoms with Crippen LogP contribution in [0.4, 0.5) is 4.79 Å². The predicted octanol–water partition coefficient (Wildman–Crippen LogP) is -0.747. The molecule has 3 amide bonds. The number of hydrogen-bond donors (Lipinski definition) is 3. The molecule has 1 aliphatic heterocycles. The highest BCUT2D eigenvalue weighted by Gasteiger charge is 2.34. The SMILES string of the molecule is CCCN1C(=O)NC(=N)C(N)C1=O. The third kappa shape index (κ3) is 1.67. The smallest absolute Gasteiger partial charge is 0.314 e. The summed E-state index contributed by atoms with van der Waals surface area (Å²) < 4.78 is 0. The Morgan fingerprint density at radius 2 is 2.23 bits per heavy atom. The lowest BCUT2D eigenvalue weighted by Gasteiger charge is -2.29. The third-order valence-corrected chi connectivity index (χ3v) is 1.78. The monoisotopic (exact) mass is 184 g/mol. The molecule has 1 aliphatic rings. The fraction of sp³-hybridized carbons (Fsp3) is 0.571. The zero-order valence-electron chi connectivity index (χ0n) is 7.33. The molecule has 0 spiro atoms. The summed E-state index contributed by atoms with van der Waals surface area (Å²) in [5.74, 6) is -0.738. The number of nitrogens with one attached hydrogen (secondary N) is 2. The lowest BCUT2D eigenvalue weighted by atomic mass is 10.2. The van der Waals surface area contributed by atoms with Crippen LogP contribution < -0.4 is 11.1 Å². The van der Waals surface area contributed by atoms with E-state index in [-0.39, 0.29) is 5.84 Å². The highest BCUT2D eigenvalue weighted by atomic mass is 16.2. The second kappa shape index (κ2) is 3.53. The van der Waals surface area contributed by atoms with E-state index in [1.807, 2.05) is 6.92 Å². The summed E-state index contributed by atoms with van der Waals surface area (Å²) in [5, 5.41) is 9.39. The summed E-state index contributed by atoms with van der Waals surface area (Å²) in [5.41, 5.74) is 5.37. The minimum atomic E-state index is -1.02. The Hall–Kier alpha value is -1.43. The number of nitrogens with two attached hydrogens (primary N) is 1. The van der Waals surface area contributed by atoms with E-state index < -0.39 is 18.0 Å². The van der Waals surface area contributed by atoms with Crippen molar-refractivity contribution in [3.8, 4) is 0 Å². The number of nitrogens with zero attached hydrogens (tertiary/aromatic N) is 1. The van der Waals surface area contributed by atoms with E-state index in [0.717, 1.165) is 4.90 Å². The molecule has 1 unspecified atom stereocenters. The van der Waals surface area contributed by atoms with Crippen LogP contribution in [0.1, 0.15) is 13.3 Å². The minimum Gasteiger partial charge on any atom is -0.314 e. The lowest BCUT2D eigenvalue weighted by Crippen LogP contribution is -2.63.